The van der Waals surface area contributed by atoms with Gasteiger partial charge in [0.05, 0.1) is 5.88 Å². The lowest BCUT2D eigenvalue weighted by Crippen LogP contribution is -2.50. The number of hydrogen-bond acceptors (Lipinski definition) is 3. The summed E-state index contributed by atoms with van der Waals surface area (Å²) in [5.74, 6) is 3.71. The Morgan fingerprint density at radius 2 is 2.10 bits per heavy atom. The molecule has 2 aliphatic carbocycles. The second kappa shape index (κ2) is 6.19. The molecule has 1 N–H and O–H groups in total. The van der Waals surface area contributed by atoms with Crippen LogP contribution < -0.4 is 5.32 Å². The summed E-state index contributed by atoms with van der Waals surface area (Å²) in [6.07, 6.45) is 4.82. The van der Waals surface area contributed by atoms with E-state index in [9.17, 15) is 9.59 Å². The molecule has 2 amide bonds. The zero-order valence-electron chi connectivity index (χ0n) is 13.0. The summed E-state index contributed by atoms with van der Waals surface area (Å²) < 4.78 is 0. The number of carbonyl (C=O) groups is 2. The fourth-order valence-corrected chi connectivity index (χ4v) is 5.22. The van der Waals surface area contributed by atoms with Crippen molar-refractivity contribution in [3.8, 4) is 0 Å². The minimum atomic E-state index is -0.250. The molecule has 0 unspecified atom stereocenters. The van der Waals surface area contributed by atoms with Crippen LogP contribution in [-0.2, 0) is 9.59 Å². The van der Waals surface area contributed by atoms with Crippen molar-refractivity contribution in [3.05, 3.63) is 0 Å². The molecule has 4 nitrogen and oxygen atoms in total. The van der Waals surface area contributed by atoms with Crippen molar-refractivity contribution in [1.82, 2.24) is 10.2 Å². The van der Waals surface area contributed by atoms with E-state index in [-0.39, 0.29) is 23.8 Å². The van der Waals surface area contributed by atoms with E-state index in [0.717, 1.165) is 18.1 Å². The van der Waals surface area contributed by atoms with Crippen molar-refractivity contribution in [3.63, 3.8) is 0 Å². The first kappa shape index (κ1) is 15.2. The molecule has 0 aromatic rings. The molecule has 118 valence electrons. The van der Waals surface area contributed by atoms with E-state index in [4.69, 9.17) is 0 Å². The number of nitrogens with zero attached hydrogens (tertiary/aromatic N) is 1. The van der Waals surface area contributed by atoms with E-state index >= 15 is 0 Å². The first-order valence-corrected chi connectivity index (χ1v) is 9.37. The smallest absolute Gasteiger partial charge is 0.243 e. The summed E-state index contributed by atoms with van der Waals surface area (Å²) >= 11 is 1.70. The molecule has 5 heteroatoms. The maximum atomic E-state index is 12.8. The van der Waals surface area contributed by atoms with Gasteiger partial charge >= 0.3 is 0 Å². The second-order valence-corrected chi connectivity index (χ2v) is 8.24. The fourth-order valence-electron chi connectivity index (χ4n) is 4.06. The van der Waals surface area contributed by atoms with E-state index in [2.05, 4.69) is 19.2 Å². The van der Waals surface area contributed by atoms with Crippen molar-refractivity contribution < 1.29 is 9.59 Å². The molecule has 21 heavy (non-hydrogen) atoms. The van der Waals surface area contributed by atoms with Crippen LogP contribution in [0.15, 0.2) is 0 Å². The van der Waals surface area contributed by atoms with Crippen LogP contribution in [-0.4, -0.2) is 40.9 Å². The van der Waals surface area contributed by atoms with E-state index < -0.39 is 0 Å². The number of rotatable bonds is 4. The van der Waals surface area contributed by atoms with Gasteiger partial charge in [-0.1, -0.05) is 20.3 Å². The molecular formula is C16H26N2O2S. The topological polar surface area (TPSA) is 49.4 Å². The van der Waals surface area contributed by atoms with Crippen LogP contribution in [0.3, 0.4) is 0 Å². The van der Waals surface area contributed by atoms with Gasteiger partial charge in [0.2, 0.25) is 11.8 Å². The van der Waals surface area contributed by atoms with Crippen molar-refractivity contribution in [1.29, 1.82) is 0 Å². The molecule has 2 saturated carbocycles. The Morgan fingerprint density at radius 3 is 2.71 bits per heavy atom. The highest BCUT2D eigenvalue weighted by molar-refractivity contribution is 7.99. The highest BCUT2D eigenvalue weighted by atomic mass is 32.2. The van der Waals surface area contributed by atoms with Crippen LogP contribution in [0.25, 0.3) is 0 Å². The third-order valence-electron chi connectivity index (χ3n) is 5.21. The van der Waals surface area contributed by atoms with Crippen LogP contribution in [0, 0.1) is 23.7 Å². The van der Waals surface area contributed by atoms with Gasteiger partial charge in [-0.05, 0) is 37.0 Å². The van der Waals surface area contributed by atoms with Crippen LogP contribution in [0.2, 0.25) is 0 Å². The molecule has 1 heterocycles. The molecule has 1 aliphatic heterocycles. The van der Waals surface area contributed by atoms with Crippen molar-refractivity contribution in [2.45, 2.75) is 45.6 Å². The maximum Gasteiger partial charge on any atom is 0.243 e. The first-order valence-electron chi connectivity index (χ1n) is 8.22. The lowest BCUT2D eigenvalue weighted by molar-refractivity contribution is -0.142. The SMILES string of the molecule is CC(C)CNC(=O)[C@H]1CSCN1C(=O)[C@@H]1C[C@H]2CC[C@H]1C2. The molecule has 3 aliphatic rings. The molecule has 0 aromatic heterocycles. The molecular weight excluding hydrogens is 284 g/mol. The molecule has 0 radical (unpaired) electrons. The van der Waals surface area contributed by atoms with Gasteiger partial charge in [-0.25, -0.2) is 0 Å². The summed E-state index contributed by atoms with van der Waals surface area (Å²) in [6, 6.07) is -0.250. The first-order chi connectivity index (χ1) is 10.1. The van der Waals surface area contributed by atoms with Gasteiger partial charge in [-0.15, -0.1) is 11.8 Å². The zero-order valence-corrected chi connectivity index (χ0v) is 13.8. The van der Waals surface area contributed by atoms with E-state index in [1.807, 2.05) is 4.90 Å². The van der Waals surface area contributed by atoms with Crippen molar-refractivity contribution in [2.75, 3.05) is 18.2 Å². The third-order valence-corrected chi connectivity index (χ3v) is 6.22. The van der Waals surface area contributed by atoms with Gasteiger partial charge in [0.15, 0.2) is 0 Å². The Labute approximate surface area is 131 Å². The lowest BCUT2D eigenvalue weighted by Gasteiger charge is -2.29. The Hall–Kier alpha value is -0.710. The summed E-state index contributed by atoms with van der Waals surface area (Å²) in [5.41, 5.74) is 0. The van der Waals surface area contributed by atoms with Crippen LogP contribution in [0.4, 0.5) is 0 Å². The number of nitrogens with one attached hydrogen (secondary N) is 1. The van der Waals surface area contributed by atoms with E-state index in [0.29, 0.717) is 24.3 Å². The molecule has 2 bridgehead atoms. The minimum Gasteiger partial charge on any atom is -0.354 e. The van der Waals surface area contributed by atoms with E-state index in [1.54, 1.807) is 11.8 Å². The Balaban J connectivity index is 1.61. The molecule has 4 atom stereocenters. The minimum absolute atomic E-state index is 0.0326. The predicted octanol–water partition coefficient (Wildman–Crippen LogP) is 2.10. The summed E-state index contributed by atoms with van der Waals surface area (Å²) in [4.78, 5) is 27.0. The quantitative estimate of drug-likeness (QED) is 0.865. The van der Waals surface area contributed by atoms with Crippen molar-refractivity contribution >= 4 is 23.6 Å². The number of fused-ring (bicyclic) bond motifs is 2. The molecule has 3 fully saturated rings. The lowest BCUT2D eigenvalue weighted by atomic mass is 9.87. The van der Waals surface area contributed by atoms with Crippen LogP contribution >= 0.6 is 11.8 Å². The summed E-state index contributed by atoms with van der Waals surface area (Å²) in [5, 5.41) is 2.99. The largest absolute Gasteiger partial charge is 0.354 e. The third kappa shape index (κ3) is 3.08. The maximum absolute atomic E-state index is 12.8. The highest BCUT2D eigenvalue weighted by Gasteiger charge is 2.47. The van der Waals surface area contributed by atoms with Gasteiger partial charge < -0.3 is 10.2 Å². The van der Waals surface area contributed by atoms with Gasteiger partial charge in [0.25, 0.3) is 0 Å². The molecule has 1 saturated heterocycles. The average Bonchev–Trinajstić information content (AvgIpc) is 3.18. The Morgan fingerprint density at radius 1 is 1.29 bits per heavy atom. The average molecular weight is 310 g/mol. The van der Waals surface area contributed by atoms with E-state index in [1.165, 1.54) is 19.3 Å². The number of amides is 2. The molecule has 0 aromatic carbocycles. The van der Waals surface area contributed by atoms with Gasteiger partial charge in [0.1, 0.15) is 6.04 Å². The molecule has 0 spiro atoms. The second-order valence-electron chi connectivity index (χ2n) is 7.24. The monoisotopic (exact) mass is 310 g/mol. The fraction of sp³-hybridized carbons (Fsp3) is 0.875. The summed E-state index contributed by atoms with van der Waals surface area (Å²) in [6.45, 7) is 4.86. The predicted molar refractivity (Wildman–Crippen MR) is 84.7 cm³/mol. The molecule has 3 rings (SSSR count). The zero-order chi connectivity index (χ0) is 15.0. The van der Waals surface area contributed by atoms with Gasteiger partial charge in [-0.2, -0.15) is 0 Å². The summed E-state index contributed by atoms with van der Waals surface area (Å²) in [7, 11) is 0. The van der Waals surface area contributed by atoms with Crippen LogP contribution in [0.1, 0.15) is 39.5 Å². The number of hydrogen-bond donors (Lipinski definition) is 1. The number of carbonyl (C=O) groups excluding carboxylic acids is 2. The normalized spacial score (nSPS) is 34.7. The number of thioether (sulfide) groups is 1. The highest BCUT2D eigenvalue weighted by Crippen LogP contribution is 2.49. The Bertz CT molecular complexity index is 427. The van der Waals surface area contributed by atoms with Gasteiger partial charge in [-0.3, -0.25) is 9.59 Å². The Kier molecular flexibility index (Phi) is 4.48. The van der Waals surface area contributed by atoms with Crippen LogP contribution in [0.5, 0.6) is 0 Å². The van der Waals surface area contributed by atoms with Gasteiger partial charge in [0, 0.05) is 18.2 Å². The van der Waals surface area contributed by atoms with Crippen molar-refractivity contribution in [2.24, 2.45) is 23.7 Å². The standard InChI is InChI=1S/C16H26N2O2S/c1-10(2)7-17-15(19)14-8-21-9-18(14)16(20)13-6-11-3-4-12(13)5-11/h10-14H,3-9H2,1-2H3,(H,17,19)/t11-,12-,13+,14+/m0/s1.